The van der Waals surface area contributed by atoms with Gasteiger partial charge < -0.3 is 8.98 Å². The van der Waals surface area contributed by atoms with Gasteiger partial charge in [-0.05, 0) is 94.2 Å². The largest absolute Gasteiger partial charge is 0.456 e. The molecule has 0 aliphatic heterocycles. The minimum Gasteiger partial charge on any atom is -0.456 e. The van der Waals surface area contributed by atoms with Gasteiger partial charge in [0.05, 0.1) is 11.0 Å². The second kappa shape index (κ2) is 16.6. The highest BCUT2D eigenvalue weighted by Gasteiger charge is 2.20. The number of rotatable bonds is 6. The first kappa shape index (κ1) is 40.6. The second-order valence-electron chi connectivity index (χ2n) is 17.2. The number of benzene rings is 10. The SMILES string of the molecule is CC.c1ccc(-c2nc(-c3cccc(-n4c5cc6ccccc6cc5c5cccc(-c6cccc(-c7ccc8sc9ccccc9c8c7)c6)c54)c3)nc(-c3ccc4c(c3)oc3ccccc34)n2)cc1. The number of furan rings is 1. The maximum atomic E-state index is 6.32. The number of nitrogens with zero attached hydrogens (tertiary/aromatic N) is 4. The van der Waals surface area contributed by atoms with Gasteiger partial charge in [0, 0.05) is 69.7 Å². The van der Waals surface area contributed by atoms with Gasteiger partial charge in [0.25, 0.3) is 0 Å². The molecule has 0 aliphatic carbocycles. The van der Waals surface area contributed by atoms with Gasteiger partial charge in [-0.15, -0.1) is 11.3 Å². The number of thiophene rings is 1. The molecule has 0 spiro atoms. The van der Waals surface area contributed by atoms with E-state index in [1.165, 1.54) is 52.8 Å². The van der Waals surface area contributed by atoms with Crippen LogP contribution in [-0.4, -0.2) is 19.5 Å². The summed E-state index contributed by atoms with van der Waals surface area (Å²) >= 11 is 1.85. The van der Waals surface area contributed by atoms with E-state index < -0.39 is 0 Å². The van der Waals surface area contributed by atoms with Crippen LogP contribution in [0.25, 0.3) is 137 Å². The molecule has 0 saturated heterocycles. The molecule has 0 bridgehead atoms. The van der Waals surface area contributed by atoms with E-state index in [1.807, 2.05) is 79.8 Å². The van der Waals surface area contributed by atoms with Crippen LogP contribution in [0, 0.1) is 0 Å². The Labute approximate surface area is 402 Å². The molecular weight excluding hydrogens is 861 g/mol. The Bertz CT molecular complexity index is 4300. The number of aromatic nitrogens is 4. The van der Waals surface area contributed by atoms with E-state index in [1.54, 1.807) is 0 Å². The smallest absolute Gasteiger partial charge is 0.164 e. The highest BCUT2D eigenvalue weighted by Crippen LogP contribution is 2.42. The van der Waals surface area contributed by atoms with Crippen molar-refractivity contribution in [3.63, 3.8) is 0 Å². The lowest BCUT2D eigenvalue weighted by Gasteiger charge is -2.14. The molecule has 0 atom stereocenters. The molecule has 14 rings (SSSR count). The Kier molecular flexibility index (Phi) is 9.73. The van der Waals surface area contributed by atoms with Gasteiger partial charge in [0.1, 0.15) is 11.2 Å². The first-order valence-corrected chi connectivity index (χ1v) is 24.3. The number of para-hydroxylation sites is 2. The molecule has 10 aromatic carbocycles. The Morgan fingerprint density at radius 3 is 1.81 bits per heavy atom. The monoisotopic (exact) mass is 902 g/mol. The van der Waals surface area contributed by atoms with Gasteiger partial charge in [-0.2, -0.15) is 0 Å². The molecule has 4 heterocycles. The lowest BCUT2D eigenvalue weighted by atomic mass is 9.96. The van der Waals surface area contributed by atoms with Gasteiger partial charge in [-0.25, -0.2) is 15.0 Å². The quantitative estimate of drug-likeness (QED) is 0.167. The topological polar surface area (TPSA) is 56.7 Å². The fourth-order valence-electron chi connectivity index (χ4n) is 10.0. The summed E-state index contributed by atoms with van der Waals surface area (Å²) in [4.78, 5) is 15.5. The highest BCUT2D eigenvalue weighted by molar-refractivity contribution is 7.25. The Hall–Kier alpha value is -8.71. The van der Waals surface area contributed by atoms with Gasteiger partial charge in [0.2, 0.25) is 0 Å². The molecule has 0 unspecified atom stereocenters. The third kappa shape index (κ3) is 6.87. The summed E-state index contributed by atoms with van der Waals surface area (Å²) in [5.74, 6) is 1.77. The lowest BCUT2D eigenvalue weighted by molar-refractivity contribution is 0.669. The Balaban J connectivity index is 0.00000232. The van der Waals surface area contributed by atoms with Crippen molar-refractivity contribution in [3.05, 3.63) is 218 Å². The van der Waals surface area contributed by atoms with Crippen molar-refractivity contribution in [3.8, 4) is 62.1 Å². The van der Waals surface area contributed by atoms with E-state index >= 15 is 0 Å². The van der Waals surface area contributed by atoms with Crippen LogP contribution in [0.15, 0.2) is 223 Å². The number of fused-ring (bicyclic) bond motifs is 10. The predicted molar refractivity (Wildman–Crippen MR) is 290 cm³/mol. The highest BCUT2D eigenvalue weighted by atomic mass is 32.1. The zero-order valence-corrected chi connectivity index (χ0v) is 38.7. The normalized spacial score (nSPS) is 11.6. The third-order valence-corrected chi connectivity index (χ3v) is 14.4. The molecule has 0 aliphatic rings. The van der Waals surface area contributed by atoms with E-state index in [0.717, 1.165) is 66.5 Å². The average molecular weight is 903 g/mol. The summed E-state index contributed by atoms with van der Waals surface area (Å²) in [5.41, 5.74) is 12.3. The van der Waals surface area contributed by atoms with Crippen LogP contribution >= 0.6 is 11.3 Å². The number of hydrogen-bond donors (Lipinski definition) is 0. The van der Waals surface area contributed by atoms with Crippen molar-refractivity contribution < 1.29 is 4.42 Å². The molecule has 14 aromatic rings. The fourth-order valence-corrected chi connectivity index (χ4v) is 11.1. The minimum absolute atomic E-state index is 0.577. The van der Waals surface area contributed by atoms with Crippen LogP contribution < -0.4 is 0 Å². The van der Waals surface area contributed by atoms with Gasteiger partial charge >= 0.3 is 0 Å². The Morgan fingerprint density at radius 2 is 0.957 bits per heavy atom. The first-order valence-electron chi connectivity index (χ1n) is 23.5. The molecule has 0 N–H and O–H groups in total. The summed E-state index contributed by atoms with van der Waals surface area (Å²) < 4.78 is 11.4. The second-order valence-corrected chi connectivity index (χ2v) is 18.3. The molecule has 5 nitrogen and oxygen atoms in total. The van der Waals surface area contributed by atoms with Crippen LogP contribution in [0.3, 0.4) is 0 Å². The molecular formula is C63H42N4OS. The predicted octanol–water partition coefficient (Wildman–Crippen LogP) is 17.8. The summed E-state index contributed by atoms with van der Waals surface area (Å²) in [7, 11) is 0. The molecule has 6 heteroatoms. The standard InChI is InChI=1S/C61H36N4OS.C2H6/c1-2-13-37(14-3-1)59-62-60(64-61(63-59)44-27-29-48-47-21-6-8-25-54(47)66-55(48)36-44)43-19-11-20-45(32-43)65-53-35-40-16-5-4-15-39(40)33-51(53)50-24-12-23-46(58(50)65)42-18-10-17-38(31-42)41-28-30-57-52(34-41)49-22-7-9-26-56(49)67-57;1-2/h1-36H;1-2H3. The molecule has 69 heavy (non-hydrogen) atoms. The van der Waals surface area contributed by atoms with E-state index in [9.17, 15) is 0 Å². The van der Waals surface area contributed by atoms with Gasteiger partial charge in [0.15, 0.2) is 17.5 Å². The van der Waals surface area contributed by atoms with Crippen molar-refractivity contribution in [2.24, 2.45) is 0 Å². The fraction of sp³-hybridized carbons (Fsp3) is 0.0317. The summed E-state index contributed by atoms with van der Waals surface area (Å²) in [6, 6.07) is 77.8. The molecule has 0 saturated carbocycles. The molecule has 326 valence electrons. The van der Waals surface area contributed by atoms with Crippen molar-refractivity contribution in [2.75, 3.05) is 0 Å². The average Bonchev–Trinajstić information content (AvgIpc) is 4.10. The zero-order chi connectivity index (χ0) is 46.0. The zero-order valence-electron chi connectivity index (χ0n) is 37.9. The molecule has 0 radical (unpaired) electrons. The summed E-state index contributed by atoms with van der Waals surface area (Å²) in [6.07, 6.45) is 0. The van der Waals surface area contributed by atoms with Crippen molar-refractivity contribution in [2.45, 2.75) is 13.8 Å². The van der Waals surface area contributed by atoms with E-state index in [4.69, 9.17) is 19.4 Å². The van der Waals surface area contributed by atoms with E-state index in [2.05, 4.69) is 168 Å². The van der Waals surface area contributed by atoms with E-state index in [-0.39, 0.29) is 0 Å². The lowest BCUT2D eigenvalue weighted by Crippen LogP contribution is -2.01. The maximum absolute atomic E-state index is 6.32. The van der Waals surface area contributed by atoms with Gasteiger partial charge in [-0.1, -0.05) is 166 Å². The molecule has 0 amide bonds. The number of hydrogen-bond acceptors (Lipinski definition) is 5. The molecule has 0 fully saturated rings. The van der Waals surface area contributed by atoms with Crippen LogP contribution in [0.1, 0.15) is 13.8 Å². The summed E-state index contributed by atoms with van der Waals surface area (Å²) in [5, 5.41) is 9.52. The van der Waals surface area contributed by atoms with Crippen LogP contribution in [0.4, 0.5) is 0 Å². The Morgan fingerprint density at radius 1 is 0.362 bits per heavy atom. The van der Waals surface area contributed by atoms with E-state index in [0.29, 0.717) is 17.5 Å². The summed E-state index contributed by atoms with van der Waals surface area (Å²) in [6.45, 7) is 4.00. The van der Waals surface area contributed by atoms with Crippen LogP contribution in [-0.2, 0) is 0 Å². The van der Waals surface area contributed by atoms with Crippen LogP contribution in [0.5, 0.6) is 0 Å². The van der Waals surface area contributed by atoms with Gasteiger partial charge in [-0.3, -0.25) is 0 Å². The third-order valence-electron chi connectivity index (χ3n) is 13.2. The minimum atomic E-state index is 0.577. The van der Waals surface area contributed by atoms with Crippen molar-refractivity contribution in [1.29, 1.82) is 0 Å². The van der Waals surface area contributed by atoms with Crippen molar-refractivity contribution in [1.82, 2.24) is 19.5 Å². The maximum Gasteiger partial charge on any atom is 0.164 e. The van der Waals surface area contributed by atoms with Crippen LogP contribution in [0.2, 0.25) is 0 Å². The van der Waals surface area contributed by atoms with Crippen molar-refractivity contribution >= 4 is 86.0 Å². The first-order chi connectivity index (χ1) is 34.2. The molecule has 4 aromatic heterocycles.